The third-order valence-electron chi connectivity index (χ3n) is 4.79. The van der Waals surface area contributed by atoms with Gasteiger partial charge < -0.3 is 10.6 Å². The van der Waals surface area contributed by atoms with Gasteiger partial charge in [0.05, 0.1) is 6.04 Å². The first-order chi connectivity index (χ1) is 14.6. The number of urea groups is 1. The Morgan fingerprint density at radius 1 is 1.06 bits per heavy atom. The number of carbonyl (C=O) groups excluding carboxylic acids is 1. The highest BCUT2D eigenvalue weighted by molar-refractivity contribution is 7.98. The Balaban J connectivity index is 1.89. The number of amides is 2. The highest BCUT2D eigenvalue weighted by atomic mass is 32.2. The molecule has 6 nitrogen and oxygen atoms in total. The molecule has 1 heterocycles. The van der Waals surface area contributed by atoms with Gasteiger partial charge >= 0.3 is 6.03 Å². The normalized spacial score (nSPS) is 12.5. The Morgan fingerprint density at radius 3 is 2.39 bits per heavy atom. The van der Waals surface area contributed by atoms with E-state index < -0.39 is 0 Å². The molecular formula is C24H31N5OS. The largest absolute Gasteiger partial charge is 0.334 e. The number of hydrogen-bond acceptors (Lipinski definition) is 4. The summed E-state index contributed by atoms with van der Waals surface area (Å²) in [5, 5.41) is 15.6. The van der Waals surface area contributed by atoms with E-state index in [1.54, 1.807) is 11.8 Å². The summed E-state index contributed by atoms with van der Waals surface area (Å²) in [6, 6.07) is 16.1. The lowest BCUT2D eigenvalue weighted by atomic mass is 10.1. The molecule has 3 rings (SSSR count). The zero-order valence-electron chi connectivity index (χ0n) is 19.1. The van der Waals surface area contributed by atoms with Gasteiger partial charge in [0.2, 0.25) is 0 Å². The maximum atomic E-state index is 12.4. The Labute approximate surface area is 188 Å². The average molecular weight is 438 g/mol. The number of rotatable bonds is 6. The Hall–Kier alpha value is -2.80. The van der Waals surface area contributed by atoms with Crippen molar-refractivity contribution in [3.8, 4) is 5.69 Å². The summed E-state index contributed by atoms with van der Waals surface area (Å²) in [4.78, 5) is 12.4. The standard InChI is InChI=1S/C24H31N5OS/c1-16-11-13-20(14-12-16)29-21(18(3)25-22(30)26-24(4,5)6)27-28-23(29)31-15-19-10-8-7-9-17(19)2/h7-14,18H,15H2,1-6H3,(H2,25,26,30). The van der Waals surface area contributed by atoms with E-state index in [0.29, 0.717) is 5.82 Å². The first kappa shape index (κ1) is 22.9. The molecule has 31 heavy (non-hydrogen) atoms. The van der Waals surface area contributed by atoms with Gasteiger partial charge in [0.15, 0.2) is 11.0 Å². The van der Waals surface area contributed by atoms with Gasteiger partial charge in [-0.3, -0.25) is 4.57 Å². The fraction of sp³-hybridized carbons (Fsp3) is 0.375. The SMILES string of the molecule is Cc1ccc(-n2c(SCc3ccccc3C)nnc2C(C)NC(=O)NC(C)(C)C)cc1. The van der Waals surface area contributed by atoms with Crippen LogP contribution < -0.4 is 10.6 Å². The molecule has 2 N–H and O–H groups in total. The average Bonchev–Trinajstić information content (AvgIpc) is 3.10. The van der Waals surface area contributed by atoms with Crippen LogP contribution in [0.4, 0.5) is 4.79 Å². The lowest BCUT2D eigenvalue weighted by molar-refractivity contribution is 0.228. The fourth-order valence-corrected chi connectivity index (χ4v) is 4.18. The van der Waals surface area contributed by atoms with Crippen LogP contribution in [0.5, 0.6) is 0 Å². The van der Waals surface area contributed by atoms with Crippen LogP contribution in [0.15, 0.2) is 53.7 Å². The topological polar surface area (TPSA) is 71.8 Å². The number of aryl methyl sites for hydroxylation is 2. The quantitative estimate of drug-likeness (QED) is 0.511. The Bertz CT molecular complexity index is 1040. The zero-order chi connectivity index (χ0) is 22.6. The molecule has 0 saturated heterocycles. The van der Waals surface area contributed by atoms with Crippen LogP contribution >= 0.6 is 11.8 Å². The van der Waals surface area contributed by atoms with E-state index in [2.05, 4.69) is 77.1 Å². The molecule has 1 aromatic heterocycles. The van der Waals surface area contributed by atoms with Gasteiger partial charge in [0, 0.05) is 17.0 Å². The second-order valence-electron chi connectivity index (χ2n) is 8.80. The minimum atomic E-state index is -0.316. The molecule has 0 radical (unpaired) electrons. The van der Waals surface area contributed by atoms with E-state index >= 15 is 0 Å². The summed E-state index contributed by atoms with van der Waals surface area (Å²) in [6.45, 7) is 12.0. The summed E-state index contributed by atoms with van der Waals surface area (Å²) in [7, 11) is 0. The van der Waals surface area contributed by atoms with Gasteiger partial charge in [0.25, 0.3) is 0 Å². The molecule has 2 amide bonds. The summed E-state index contributed by atoms with van der Waals surface area (Å²) in [5.74, 6) is 1.49. The van der Waals surface area contributed by atoms with Crippen molar-refractivity contribution in [1.82, 2.24) is 25.4 Å². The van der Waals surface area contributed by atoms with Crippen LogP contribution in [0.2, 0.25) is 0 Å². The number of nitrogens with zero attached hydrogens (tertiary/aromatic N) is 3. The first-order valence-corrected chi connectivity index (χ1v) is 11.4. The van der Waals surface area contributed by atoms with E-state index in [4.69, 9.17) is 0 Å². The van der Waals surface area contributed by atoms with Crippen molar-refractivity contribution in [2.24, 2.45) is 0 Å². The molecule has 0 saturated carbocycles. The van der Waals surface area contributed by atoms with Gasteiger partial charge in [-0.1, -0.05) is 53.7 Å². The first-order valence-electron chi connectivity index (χ1n) is 10.4. The minimum Gasteiger partial charge on any atom is -0.334 e. The number of hydrogen-bond donors (Lipinski definition) is 2. The summed E-state index contributed by atoms with van der Waals surface area (Å²) in [6.07, 6.45) is 0. The number of benzene rings is 2. The number of thioether (sulfide) groups is 1. The number of aromatic nitrogens is 3. The van der Waals surface area contributed by atoms with Crippen LogP contribution in [0, 0.1) is 13.8 Å². The van der Waals surface area contributed by atoms with Crippen LogP contribution in [0.25, 0.3) is 5.69 Å². The van der Waals surface area contributed by atoms with Gasteiger partial charge in [0.1, 0.15) is 0 Å². The van der Waals surface area contributed by atoms with Crippen molar-refractivity contribution in [3.05, 3.63) is 71.0 Å². The molecule has 2 aromatic carbocycles. The van der Waals surface area contributed by atoms with E-state index in [9.17, 15) is 4.79 Å². The van der Waals surface area contributed by atoms with Gasteiger partial charge in [-0.2, -0.15) is 0 Å². The van der Waals surface area contributed by atoms with Crippen LogP contribution in [-0.2, 0) is 5.75 Å². The van der Waals surface area contributed by atoms with E-state index in [0.717, 1.165) is 16.6 Å². The number of carbonyl (C=O) groups is 1. The van der Waals surface area contributed by atoms with E-state index in [-0.39, 0.29) is 17.6 Å². The highest BCUT2D eigenvalue weighted by Gasteiger charge is 2.22. The molecular weight excluding hydrogens is 406 g/mol. The summed E-state index contributed by atoms with van der Waals surface area (Å²) < 4.78 is 2.03. The van der Waals surface area contributed by atoms with Crippen LogP contribution in [0.3, 0.4) is 0 Å². The van der Waals surface area contributed by atoms with Crippen molar-refractivity contribution in [2.45, 2.75) is 64.0 Å². The van der Waals surface area contributed by atoms with Gasteiger partial charge in [-0.15, -0.1) is 10.2 Å². The summed E-state index contributed by atoms with van der Waals surface area (Å²) in [5.41, 5.74) is 4.36. The number of nitrogens with one attached hydrogen (secondary N) is 2. The lowest BCUT2D eigenvalue weighted by Gasteiger charge is -2.23. The molecule has 0 aliphatic heterocycles. The molecule has 1 atom stereocenters. The predicted octanol–water partition coefficient (Wildman–Crippen LogP) is 5.34. The molecule has 0 aliphatic rings. The van der Waals surface area contributed by atoms with Gasteiger partial charge in [-0.05, 0) is 64.8 Å². The third kappa shape index (κ3) is 6.10. The maximum absolute atomic E-state index is 12.4. The van der Waals surface area contributed by atoms with Gasteiger partial charge in [-0.25, -0.2) is 4.79 Å². The van der Waals surface area contributed by atoms with Crippen molar-refractivity contribution < 1.29 is 4.79 Å². The fourth-order valence-electron chi connectivity index (χ4n) is 3.14. The minimum absolute atomic E-state index is 0.229. The van der Waals surface area contributed by atoms with E-state index in [1.807, 2.05) is 38.3 Å². The van der Waals surface area contributed by atoms with Crippen LogP contribution in [-0.4, -0.2) is 26.3 Å². The monoisotopic (exact) mass is 437 g/mol. The van der Waals surface area contributed by atoms with E-state index in [1.165, 1.54) is 16.7 Å². The zero-order valence-corrected chi connectivity index (χ0v) is 19.9. The molecule has 1 unspecified atom stereocenters. The Morgan fingerprint density at radius 2 is 1.74 bits per heavy atom. The molecule has 164 valence electrons. The van der Waals surface area contributed by atoms with Crippen molar-refractivity contribution >= 4 is 17.8 Å². The smallest absolute Gasteiger partial charge is 0.315 e. The molecule has 0 fully saturated rings. The second-order valence-corrected chi connectivity index (χ2v) is 9.74. The molecule has 7 heteroatoms. The predicted molar refractivity (Wildman–Crippen MR) is 127 cm³/mol. The molecule has 0 bridgehead atoms. The van der Waals surface area contributed by atoms with Crippen molar-refractivity contribution in [3.63, 3.8) is 0 Å². The maximum Gasteiger partial charge on any atom is 0.315 e. The highest BCUT2D eigenvalue weighted by Crippen LogP contribution is 2.28. The van der Waals surface area contributed by atoms with Crippen molar-refractivity contribution in [1.29, 1.82) is 0 Å². The second kappa shape index (κ2) is 9.56. The molecule has 0 aliphatic carbocycles. The Kier molecular flexibility index (Phi) is 7.05. The third-order valence-corrected chi connectivity index (χ3v) is 5.77. The van der Waals surface area contributed by atoms with Crippen molar-refractivity contribution in [2.75, 3.05) is 0 Å². The molecule has 0 spiro atoms. The lowest BCUT2D eigenvalue weighted by Crippen LogP contribution is -2.47. The summed E-state index contributed by atoms with van der Waals surface area (Å²) >= 11 is 1.64. The molecule has 3 aromatic rings. The van der Waals surface area contributed by atoms with Crippen LogP contribution in [0.1, 0.15) is 56.3 Å².